The smallest absolute Gasteiger partial charge is 0.322 e. The van der Waals surface area contributed by atoms with Gasteiger partial charge in [0, 0.05) is 44.7 Å². The third-order valence-electron chi connectivity index (χ3n) is 6.19. The lowest BCUT2D eigenvalue weighted by Crippen LogP contribution is -2.35. The SMILES string of the molecule is CC(=O)N(C)c1cnn(C(=O)N2C[C@H]3C[C@@H](NCc4ccccc4Cl)C[C@H]3C2)c1. The zero-order valence-corrected chi connectivity index (χ0v) is 17.5. The van der Waals surface area contributed by atoms with E-state index in [0.29, 0.717) is 23.6 Å². The van der Waals surface area contributed by atoms with Crippen molar-refractivity contribution in [2.45, 2.75) is 32.4 Å². The highest BCUT2D eigenvalue weighted by molar-refractivity contribution is 6.31. The fraction of sp³-hybridized carbons (Fsp3) is 0.476. The molecule has 2 aromatic rings. The molecule has 7 nitrogen and oxygen atoms in total. The number of carbonyl (C=O) groups is 2. The van der Waals surface area contributed by atoms with Crippen molar-refractivity contribution in [3.8, 4) is 0 Å². The quantitative estimate of drug-likeness (QED) is 0.833. The lowest BCUT2D eigenvalue weighted by molar-refractivity contribution is -0.116. The van der Waals surface area contributed by atoms with Gasteiger partial charge in [0.15, 0.2) is 0 Å². The van der Waals surface area contributed by atoms with Crippen LogP contribution in [0, 0.1) is 11.8 Å². The van der Waals surface area contributed by atoms with Crippen molar-refractivity contribution in [2.24, 2.45) is 11.8 Å². The van der Waals surface area contributed by atoms with E-state index in [9.17, 15) is 9.59 Å². The van der Waals surface area contributed by atoms with Crippen molar-refractivity contribution >= 4 is 29.2 Å². The minimum absolute atomic E-state index is 0.0944. The van der Waals surface area contributed by atoms with E-state index in [1.54, 1.807) is 19.4 Å². The Morgan fingerprint density at radius 3 is 2.59 bits per heavy atom. The van der Waals surface area contributed by atoms with Gasteiger partial charge in [0.1, 0.15) is 0 Å². The Balaban J connectivity index is 1.30. The Kier molecular flexibility index (Phi) is 5.61. The molecule has 1 aliphatic heterocycles. The fourth-order valence-electron chi connectivity index (χ4n) is 4.44. The van der Waals surface area contributed by atoms with Gasteiger partial charge < -0.3 is 15.1 Å². The number of nitrogens with one attached hydrogen (secondary N) is 1. The van der Waals surface area contributed by atoms with E-state index in [1.807, 2.05) is 29.2 Å². The topological polar surface area (TPSA) is 70.5 Å². The molecule has 0 radical (unpaired) electrons. The highest BCUT2D eigenvalue weighted by Gasteiger charge is 2.42. The number of hydrogen-bond acceptors (Lipinski definition) is 4. The minimum Gasteiger partial charge on any atom is -0.322 e. The van der Waals surface area contributed by atoms with Crippen molar-refractivity contribution in [1.82, 2.24) is 20.0 Å². The van der Waals surface area contributed by atoms with Gasteiger partial charge in [-0.1, -0.05) is 29.8 Å². The summed E-state index contributed by atoms with van der Waals surface area (Å²) in [6.45, 7) is 3.76. The molecular formula is C21H26ClN5O2. The van der Waals surface area contributed by atoms with E-state index < -0.39 is 0 Å². The van der Waals surface area contributed by atoms with Gasteiger partial charge in [0.25, 0.3) is 0 Å². The van der Waals surface area contributed by atoms with Gasteiger partial charge in [-0.15, -0.1) is 0 Å². The summed E-state index contributed by atoms with van der Waals surface area (Å²) in [4.78, 5) is 27.6. The summed E-state index contributed by atoms with van der Waals surface area (Å²) in [6, 6.07) is 8.25. The van der Waals surface area contributed by atoms with Crippen LogP contribution in [0.5, 0.6) is 0 Å². The molecule has 1 saturated heterocycles. The van der Waals surface area contributed by atoms with Gasteiger partial charge in [0.05, 0.1) is 18.1 Å². The second-order valence-electron chi connectivity index (χ2n) is 8.07. The summed E-state index contributed by atoms with van der Waals surface area (Å²) in [6.07, 6.45) is 5.29. The molecule has 2 aliphatic rings. The zero-order valence-electron chi connectivity index (χ0n) is 16.7. The Labute approximate surface area is 175 Å². The van der Waals surface area contributed by atoms with E-state index in [0.717, 1.165) is 43.1 Å². The summed E-state index contributed by atoms with van der Waals surface area (Å²) in [5, 5.41) is 8.57. The van der Waals surface area contributed by atoms with Gasteiger partial charge in [-0.2, -0.15) is 9.78 Å². The number of anilines is 1. The van der Waals surface area contributed by atoms with Gasteiger partial charge in [0.2, 0.25) is 5.91 Å². The van der Waals surface area contributed by atoms with Crippen LogP contribution in [-0.2, 0) is 11.3 Å². The van der Waals surface area contributed by atoms with Gasteiger partial charge >= 0.3 is 6.03 Å². The normalized spacial score (nSPS) is 23.3. The standard InChI is InChI=1S/C21H26ClN5O2/c1-14(28)25(2)19-10-24-27(13-19)21(29)26-11-16-7-18(8-17(16)12-26)23-9-15-5-3-4-6-20(15)22/h3-6,10,13,16-18,23H,7-9,11-12H2,1-2H3/t16-,17+,18-. The largest absolute Gasteiger partial charge is 0.344 e. The molecule has 4 rings (SSSR count). The molecule has 1 saturated carbocycles. The lowest BCUT2D eigenvalue weighted by Gasteiger charge is -2.20. The summed E-state index contributed by atoms with van der Waals surface area (Å²) in [5.41, 5.74) is 1.74. The molecule has 2 amide bonds. The van der Waals surface area contributed by atoms with Crippen LogP contribution in [0.2, 0.25) is 5.02 Å². The number of fused-ring (bicyclic) bond motifs is 1. The first-order chi connectivity index (χ1) is 13.9. The van der Waals surface area contributed by atoms with Crippen LogP contribution in [0.15, 0.2) is 36.7 Å². The van der Waals surface area contributed by atoms with Crippen LogP contribution in [0.4, 0.5) is 10.5 Å². The second kappa shape index (κ2) is 8.16. The number of amides is 2. The average molecular weight is 416 g/mol. The maximum Gasteiger partial charge on any atom is 0.344 e. The molecule has 1 aromatic carbocycles. The number of halogens is 1. The number of likely N-dealkylation sites (tertiary alicyclic amines) is 1. The predicted octanol–water partition coefficient (Wildman–Crippen LogP) is 2.99. The molecule has 154 valence electrons. The van der Waals surface area contributed by atoms with Crippen molar-refractivity contribution < 1.29 is 9.59 Å². The van der Waals surface area contributed by atoms with Gasteiger partial charge in [-0.3, -0.25) is 4.79 Å². The van der Waals surface area contributed by atoms with E-state index >= 15 is 0 Å². The number of rotatable bonds is 4. The number of nitrogens with zero attached hydrogens (tertiary/aromatic N) is 4. The summed E-state index contributed by atoms with van der Waals surface area (Å²) in [5.74, 6) is 0.929. The Morgan fingerprint density at radius 1 is 1.24 bits per heavy atom. The summed E-state index contributed by atoms with van der Waals surface area (Å²) >= 11 is 6.24. The van der Waals surface area contributed by atoms with Crippen LogP contribution in [0.25, 0.3) is 0 Å². The number of benzene rings is 1. The van der Waals surface area contributed by atoms with E-state index in [2.05, 4.69) is 10.4 Å². The van der Waals surface area contributed by atoms with Crippen LogP contribution < -0.4 is 10.2 Å². The first-order valence-corrected chi connectivity index (χ1v) is 10.3. The number of carbonyl (C=O) groups excluding carboxylic acids is 2. The predicted molar refractivity (Wildman–Crippen MR) is 112 cm³/mol. The van der Waals surface area contributed by atoms with Gasteiger partial charge in [-0.25, -0.2) is 4.79 Å². The fourth-order valence-corrected chi connectivity index (χ4v) is 4.64. The van der Waals surface area contributed by atoms with Crippen molar-refractivity contribution in [3.63, 3.8) is 0 Å². The van der Waals surface area contributed by atoms with Crippen molar-refractivity contribution in [3.05, 3.63) is 47.2 Å². The summed E-state index contributed by atoms with van der Waals surface area (Å²) < 4.78 is 1.34. The van der Waals surface area contributed by atoms with Gasteiger partial charge in [-0.05, 0) is 36.3 Å². The monoisotopic (exact) mass is 415 g/mol. The molecule has 1 N–H and O–H groups in total. The van der Waals surface area contributed by atoms with Crippen LogP contribution >= 0.6 is 11.6 Å². The highest BCUT2D eigenvalue weighted by atomic mass is 35.5. The lowest BCUT2D eigenvalue weighted by atomic mass is 10.0. The molecule has 2 fully saturated rings. The Morgan fingerprint density at radius 2 is 1.93 bits per heavy atom. The van der Waals surface area contributed by atoms with Crippen LogP contribution in [-0.4, -0.2) is 52.8 Å². The maximum atomic E-state index is 12.8. The molecule has 0 unspecified atom stereocenters. The highest BCUT2D eigenvalue weighted by Crippen LogP contribution is 2.38. The van der Waals surface area contributed by atoms with E-state index in [4.69, 9.17) is 11.6 Å². The first kappa shape index (κ1) is 19.9. The van der Waals surface area contributed by atoms with E-state index in [-0.39, 0.29) is 11.9 Å². The Bertz CT molecular complexity index is 900. The second-order valence-corrected chi connectivity index (χ2v) is 8.48. The molecule has 8 heteroatoms. The minimum atomic E-state index is -0.122. The molecular weight excluding hydrogens is 390 g/mol. The molecule has 1 aromatic heterocycles. The molecule has 29 heavy (non-hydrogen) atoms. The Hall–Kier alpha value is -2.38. The molecule has 1 aliphatic carbocycles. The van der Waals surface area contributed by atoms with Crippen molar-refractivity contribution in [2.75, 3.05) is 25.0 Å². The third kappa shape index (κ3) is 4.16. The molecule has 2 heterocycles. The maximum absolute atomic E-state index is 12.8. The average Bonchev–Trinajstić information content (AvgIpc) is 3.41. The number of hydrogen-bond donors (Lipinski definition) is 1. The van der Waals surface area contributed by atoms with E-state index in [1.165, 1.54) is 16.5 Å². The van der Waals surface area contributed by atoms with Crippen LogP contribution in [0.3, 0.4) is 0 Å². The first-order valence-electron chi connectivity index (χ1n) is 9.97. The number of aromatic nitrogens is 2. The summed E-state index contributed by atoms with van der Waals surface area (Å²) in [7, 11) is 1.67. The molecule has 3 atom stereocenters. The zero-order chi connectivity index (χ0) is 20.5. The van der Waals surface area contributed by atoms with Crippen LogP contribution in [0.1, 0.15) is 25.3 Å². The third-order valence-corrected chi connectivity index (χ3v) is 6.55. The molecule has 0 bridgehead atoms. The van der Waals surface area contributed by atoms with Crippen molar-refractivity contribution in [1.29, 1.82) is 0 Å². The molecule has 0 spiro atoms.